The van der Waals surface area contributed by atoms with Crippen molar-refractivity contribution in [2.24, 2.45) is 11.8 Å². The molecule has 120 valence electrons. The SMILES string of the molecule is Cc1ccc2c(c1F)C(=O)N(CC1CCC(C(C)O)CC1)C2. The molecule has 1 unspecified atom stereocenters. The highest BCUT2D eigenvalue weighted by Gasteiger charge is 2.33. The van der Waals surface area contributed by atoms with Crippen molar-refractivity contribution in [3.8, 4) is 0 Å². The van der Waals surface area contributed by atoms with Gasteiger partial charge in [-0.3, -0.25) is 4.79 Å². The Morgan fingerprint density at radius 3 is 2.64 bits per heavy atom. The van der Waals surface area contributed by atoms with Gasteiger partial charge < -0.3 is 10.0 Å². The standard InChI is InChI=1S/C18H24FNO2/c1-11-3-6-15-10-20(18(22)16(15)17(11)19)9-13-4-7-14(8-5-13)12(2)21/h3,6,12-14,21H,4-5,7-10H2,1-2H3. The van der Waals surface area contributed by atoms with E-state index >= 15 is 0 Å². The molecule has 1 saturated carbocycles. The number of rotatable bonds is 3. The van der Waals surface area contributed by atoms with Gasteiger partial charge in [0.1, 0.15) is 5.82 Å². The Balaban J connectivity index is 1.64. The van der Waals surface area contributed by atoms with Crippen LogP contribution in [-0.2, 0) is 6.54 Å². The molecule has 1 amide bonds. The molecule has 1 aromatic rings. The molecule has 1 aromatic carbocycles. The van der Waals surface area contributed by atoms with E-state index in [2.05, 4.69) is 0 Å². The first-order chi connectivity index (χ1) is 10.5. The first-order valence-electron chi connectivity index (χ1n) is 8.22. The summed E-state index contributed by atoms with van der Waals surface area (Å²) in [4.78, 5) is 14.3. The predicted octanol–water partition coefficient (Wildman–Crippen LogP) is 3.28. The lowest BCUT2D eigenvalue weighted by atomic mass is 9.79. The van der Waals surface area contributed by atoms with Gasteiger partial charge in [0.05, 0.1) is 11.7 Å². The van der Waals surface area contributed by atoms with Gasteiger partial charge in [0.25, 0.3) is 5.91 Å². The maximum absolute atomic E-state index is 14.2. The van der Waals surface area contributed by atoms with Gasteiger partial charge in [-0.25, -0.2) is 4.39 Å². The molecule has 1 fully saturated rings. The zero-order valence-corrected chi connectivity index (χ0v) is 13.3. The second-order valence-corrected chi connectivity index (χ2v) is 6.94. The van der Waals surface area contributed by atoms with Crippen LogP contribution in [0.5, 0.6) is 0 Å². The third-order valence-electron chi connectivity index (χ3n) is 5.34. The predicted molar refractivity (Wildman–Crippen MR) is 83.0 cm³/mol. The van der Waals surface area contributed by atoms with Gasteiger partial charge >= 0.3 is 0 Å². The maximum atomic E-state index is 14.2. The largest absolute Gasteiger partial charge is 0.393 e. The van der Waals surface area contributed by atoms with Gasteiger partial charge in [0.2, 0.25) is 0 Å². The maximum Gasteiger partial charge on any atom is 0.257 e. The van der Waals surface area contributed by atoms with Crippen molar-refractivity contribution in [3.05, 3.63) is 34.6 Å². The molecule has 1 heterocycles. The average molecular weight is 305 g/mol. The molecule has 3 nitrogen and oxygen atoms in total. The summed E-state index contributed by atoms with van der Waals surface area (Å²) in [6, 6.07) is 3.62. The second kappa shape index (κ2) is 5.99. The van der Waals surface area contributed by atoms with Crippen LogP contribution in [0.4, 0.5) is 4.39 Å². The zero-order valence-electron chi connectivity index (χ0n) is 13.3. The molecular formula is C18H24FNO2. The fourth-order valence-electron chi connectivity index (χ4n) is 3.83. The van der Waals surface area contributed by atoms with Crippen LogP contribution >= 0.6 is 0 Å². The molecular weight excluding hydrogens is 281 g/mol. The summed E-state index contributed by atoms with van der Waals surface area (Å²) in [5.41, 5.74) is 1.62. The molecule has 0 radical (unpaired) electrons. The van der Waals surface area contributed by atoms with Crippen molar-refractivity contribution in [1.29, 1.82) is 0 Å². The molecule has 1 N–H and O–H groups in total. The highest BCUT2D eigenvalue weighted by atomic mass is 19.1. The fraction of sp³-hybridized carbons (Fsp3) is 0.611. The monoisotopic (exact) mass is 305 g/mol. The minimum Gasteiger partial charge on any atom is -0.393 e. The molecule has 1 atom stereocenters. The summed E-state index contributed by atoms with van der Waals surface area (Å²) in [6.45, 7) is 4.79. The minimum absolute atomic E-state index is 0.158. The van der Waals surface area contributed by atoms with Gasteiger partial charge in [-0.05, 0) is 62.5 Å². The normalized spacial score (nSPS) is 26.2. The smallest absolute Gasteiger partial charge is 0.257 e. The van der Waals surface area contributed by atoms with E-state index in [0.29, 0.717) is 30.5 Å². The van der Waals surface area contributed by atoms with Crippen molar-refractivity contribution in [3.63, 3.8) is 0 Å². The first kappa shape index (κ1) is 15.5. The minimum atomic E-state index is -0.359. The van der Waals surface area contributed by atoms with Crippen molar-refractivity contribution in [2.75, 3.05) is 6.54 Å². The van der Waals surface area contributed by atoms with Crippen molar-refractivity contribution < 1.29 is 14.3 Å². The number of nitrogens with zero attached hydrogens (tertiary/aromatic N) is 1. The van der Waals surface area contributed by atoms with Gasteiger partial charge in [-0.15, -0.1) is 0 Å². The summed E-state index contributed by atoms with van der Waals surface area (Å²) < 4.78 is 14.2. The lowest BCUT2D eigenvalue weighted by Crippen LogP contribution is -2.33. The molecule has 1 aliphatic heterocycles. The number of aliphatic hydroxyl groups is 1. The Bertz CT molecular complexity index is 577. The number of carbonyl (C=O) groups is 1. The Morgan fingerprint density at radius 1 is 1.32 bits per heavy atom. The van der Waals surface area contributed by atoms with E-state index in [1.165, 1.54) is 0 Å². The number of hydrogen-bond donors (Lipinski definition) is 1. The number of carbonyl (C=O) groups excluding carboxylic acids is 1. The third-order valence-corrected chi connectivity index (χ3v) is 5.34. The second-order valence-electron chi connectivity index (χ2n) is 6.94. The summed E-state index contributed by atoms with van der Waals surface area (Å²) in [6.07, 6.45) is 3.87. The number of aryl methyl sites for hydroxylation is 1. The van der Waals surface area contributed by atoms with E-state index in [0.717, 1.165) is 31.2 Å². The van der Waals surface area contributed by atoms with E-state index < -0.39 is 0 Å². The van der Waals surface area contributed by atoms with Gasteiger partial charge in [0.15, 0.2) is 0 Å². The molecule has 0 spiro atoms. The number of halogens is 1. The number of benzene rings is 1. The Morgan fingerprint density at radius 2 is 2.00 bits per heavy atom. The van der Waals surface area contributed by atoms with Gasteiger partial charge in [0, 0.05) is 13.1 Å². The van der Waals surface area contributed by atoms with Crippen molar-refractivity contribution in [1.82, 2.24) is 4.90 Å². The molecule has 2 aliphatic rings. The lowest BCUT2D eigenvalue weighted by Gasteiger charge is -2.32. The van der Waals surface area contributed by atoms with Crippen molar-refractivity contribution in [2.45, 2.75) is 52.2 Å². The molecule has 22 heavy (non-hydrogen) atoms. The first-order valence-corrected chi connectivity index (χ1v) is 8.22. The quantitative estimate of drug-likeness (QED) is 0.931. The lowest BCUT2D eigenvalue weighted by molar-refractivity contribution is 0.0645. The van der Waals surface area contributed by atoms with Gasteiger partial charge in [-0.2, -0.15) is 0 Å². The van der Waals surface area contributed by atoms with E-state index in [9.17, 15) is 14.3 Å². The number of amides is 1. The Hall–Kier alpha value is -1.42. The topological polar surface area (TPSA) is 40.5 Å². The van der Waals surface area contributed by atoms with Crippen LogP contribution in [0, 0.1) is 24.6 Å². The van der Waals surface area contributed by atoms with Crippen LogP contribution in [0.2, 0.25) is 0 Å². The summed E-state index contributed by atoms with van der Waals surface area (Å²) in [5.74, 6) is 0.344. The van der Waals surface area contributed by atoms with E-state index in [-0.39, 0.29) is 23.4 Å². The molecule has 0 aromatic heterocycles. The number of aliphatic hydroxyl groups excluding tert-OH is 1. The Labute approximate surface area is 131 Å². The molecule has 1 aliphatic carbocycles. The summed E-state index contributed by atoms with van der Waals surface area (Å²) >= 11 is 0. The summed E-state index contributed by atoms with van der Waals surface area (Å²) in [5, 5.41) is 9.66. The molecule has 3 rings (SSSR count). The van der Waals surface area contributed by atoms with Crippen LogP contribution in [0.3, 0.4) is 0 Å². The van der Waals surface area contributed by atoms with E-state index in [1.807, 2.05) is 13.0 Å². The van der Waals surface area contributed by atoms with Crippen LogP contribution in [0.25, 0.3) is 0 Å². The van der Waals surface area contributed by atoms with E-state index in [4.69, 9.17) is 0 Å². The molecule has 4 heteroatoms. The Kier molecular flexibility index (Phi) is 4.22. The van der Waals surface area contributed by atoms with Crippen LogP contribution in [-0.4, -0.2) is 28.6 Å². The zero-order chi connectivity index (χ0) is 15.9. The third kappa shape index (κ3) is 2.76. The molecule has 0 saturated heterocycles. The highest BCUT2D eigenvalue weighted by Crippen LogP contribution is 2.34. The highest BCUT2D eigenvalue weighted by molar-refractivity contribution is 5.98. The van der Waals surface area contributed by atoms with Crippen molar-refractivity contribution >= 4 is 5.91 Å². The molecule has 0 bridgehead atoms. The summed E-state index contributed by atoms with van der Waals surface area (Å²) in [7, 11) is 0. The van der Waals surface area contributed by atoms with Gasteiger partial charge in [-0.1, -0.05) is 12.1 Å². The van der Waals surface area contributed by atoms with Crippen LogP contribution in [0.1, 0.15) is 54.1 Å². The fourth-order valence-corrected chi connectivity index (χ4v) is 3.83. The van der Waals surface area contributed by atoms with Crippen LogP contribution in [0.15, 0.2) is 12.1 Å². The number of hydrogen-bond acceptors (Lipinski definition) is 2. The number of fused-ring (bicyclic) bond motifs is 1. The average Bonchev–Trinajstić information content (AvgIpc) is 2.81. The van der Waals surface area contributed by atoms with E-state index in [1.54, 1.807) is 17.9 Å². The van der Waals surface area contributed by atoms with Crippen LogP contribution < -0.4 is 0 Å².